The molecule has 0 atom stereocenters. The van der Waals surface area contributed by atoms with E-state index in [1.165, 1.54) is 5.56 Å². The van der Waals surface area contributed by atoms with Gasteiger partial charge in [0.05, 0.1) is 0 Å². The summed E-state index contributed by atoms with van der Waals surface area (Å²) in [4.78, 5) is 0. The first-order chi connectivity index (χ1) is 7.13. The average Bonchev–Trinajstić information content (AvgIpc) is 2.20. The van der Waals surface area contributed by atoms with Crippen molar-refractivity contribution in [3.05, 3.63) is 29.3 Å². The first-order valence-corrected chi connectivity index (χ1v) is 5.27. The van der Waals surface area contributed by atoms with E-state index in [2.05, 4.69) is 5.32 Å². The Kier molecular flexibility index (Phi) is 6.67. The number of aryl methyl sites for hydroxylation is 2. The van der Waals surface area contributed by atoms with Crippen molar-refractivity contribution in [2.45, 2.75) is 40.7 Å². The molecule has 3 heteroatoms. The minimum Gasteiger partial charge on any atom is -0.330 e. The van der Waals surface area contributed by atoms with E-state index in [0.29, 0.717) is 5.69 Å². The van der Waals surface area contributed by atoms with E-state index in [4.69, 9.17) is 0 Å². The molecule has 0 aromatic heterocycles. The molecule has 1 nitrogen and oxygen atoms in total. The Morgan fingerprint density at radius 3 is 2.27 bits per heavy atom. The van der Waals surface area contributed by atoms with Gasteiger partial charge in [-0.15, -0.1) is 0 Å². The maximum absolute atomic E-state index is 11.9. The Hall–Kier alpha value is -1.12. The maximum Gasteiger partial charge on any atom is 0.312 e. The van der Waals surface area contributed by atoms with Crippen LogP contribution in [0, 0.1) is 6.92 Å². The number of hydrogen-bond acceptors (Lipinski definition) is 1. The molecule has 0 heterocycles. The van der Waals surface area contributed by atoms with Crippen LogP contribution in [0.2, 0.25) is 0 Å². The number of rotatable bonds is 3. The molecule has 0 saturated heterocycles. The van der Waals surface area contributed by atoms with Crippen LogP contribution in [0.15, 0.2) is 18.2 Å². The summed E-state index contributed by atoms with van der Waals surface area (Å²) in [6.45, 7) is 5.48. The highest BCUT2D eigenvalue weighted by Gasteiger charge is 2.02. The number of benzene rings is 1. The third-order valence-corrected chi connectivity index (χ3v) is 2.00. The van der Waals surface area contributed by atoms with Crippen molar-refractivity contribution >= 4 is 5.69 Å². The predicted molar refractivity (Wildman–Crippen MR) is 61.5 cm³/mol. The van der Waals surface area contributed by atoms with Gasteiger partial charge in [-0.05, 0) is 36.6 Å². The smallest absolute Gasteiger partial charge is 0.312 e. The fourth-order valence-corrected chi connectivity index (χ4v) is 1.31. The van der Waals surface area contributed by atoms with E-state index in [-0.39, 0.29) is 0 Å². The number of nitrogens with one attached hydrogen (secondary N) is 1. The average molecular weight is 215 g/mol. The summed E-state index contributed by atoms with van der Waals surface area (Å²) in [5, 5.41) is 2.06. The molecule has 15 heavy (non-hydrogen) atoms. The molecule has 0 unspecified atom stereocenters. The van der Waals surface area contributed by atoms with Crippen LogP contribution in [-0.2, 0) is 6.42 Å². The lowest BCUT2D eigenvalue weighted by Crippen LogP contribution is -2.06. The van der Waals surface area contributed by atoms with Crippen molar-refractivity contribution in [3.63, 3.8) is 0 Å². The molecule has 0 saturated carbocycles. The van der Waals surface area contributed by atoms with E-state index in [9.17, 15) is 8.78 Å². The molecule has 1 rings (SSSR count). The van der Waals surface area contributed by atoms with Crippen LogP contribution in [0.1, 0.15) is 31.9 Å². The first-order valence-electron chi connectivity index (χ1n) is 5.27. The molecule has 1 N–H and O–H groups in total. The fourth-order valence-electron chi connectivity index (χ4n) is 1.31. The van der Waals surface area contributed by atoms with Gasteiger partial charge in [0, 0.05) is 5.69 Å². The summed E-state index contributed by atoms with van der Waals surface area (Å²) < 4.78 is 23.8. The summed E-state index contributed by atoms with van der Waals surface area (Å²) in [6.07, 6.45) is 0.931. The first kappa shape index (κ1) is 13.9. The molecular weight excluding hydrogens is 196 g/mol. The molecule has 86 valence electrons. The van der Waals surface area contributed by atoms with Gasteiger partial charge in [0.25, 0.3) is 0 Å². The van der Waals surface area contributed by atoms with Crippen LogP contribution >= 0.6 is 0 Å². The maximum atomic E-state index is 11.9. The van der Waals surface area contributed by atoms with Crippen LogP contribution < -0.4 is 5.32 Å². The number of alkyl halides is 2. The Labute approximate surface area is 90.5 Å². The standard InChI is InChI=1S/C10H13F2N.C2H6/c1-3-8-4-5-9(6-7(8)2)13-10(11)12;1-2/h4-6,10,13H,3H2,1-2H3;1-2H3. The third kappa shape index (κ3) is 4.77. The van der Waals surface area contributed by atoms with Gasteiger partial charge in [-0.3, -0.25) is 0 Å². The lowest BCUT2D eigenvalue weighted by Gasteiger charge is -2.08. The van der Waals surface area contributed by atoms with Crippen LogP contribution in [0.4, 0.5) is 14.5 Å². The lowest BCUT2D eigenvalue weighted by molar-refractivity contribution is 0.181. The zero-order chi connectivity index (χ0) is 11.8. The predicted octanol–water partition coefficient (Wildman–Crippen LogP) is 4.22. The topological polar surface area (TPSA) is 12.0 Å². The van der Waals surface area contributed by atoms with Gasteiger partial charge >= 0.3 is 6.55 Å². The van der Waals surface area contributed by atoms with Crippen molar-refractivity contribution in [1.29, 1.82) is 0 Å². The van der Waals surface area contributed by atoms with Crippen LogP contribution in [-0.4, -0.2) is 6.55 Å². The second-order valence-corrected chi connectivity index (χ2v) is 2.94. The van der Waals surface area contributed by atoms with Crippen molar-refractivity contribution in [1.82, 2.24) is 0 Å². The zero-order valence-corrected chi connectivity index (χ0v) is 9.77. The van der Waals surface area contributed by atoms with Crippen molar-refractivity contribution in [2.75, 3.05) is 5.32 Å². The monoisotopic (exact) mass is 215 g/mol. The Balaban J connectivity index is 0.000000921. The van der Waals surface area contributed by atoms with Gasteiger partial charge < -0.3 is 5.32 Å². The van der Waals surface area contributed by atoms with Gasteiger partial charge in [0.1, 0.15) is 0 Å². The normalized spacial score (nSPS) is 9.53. The van der Waals surface area contributed by atoms with E-state index in [1.807, 2.05) is 33.8 Å². The minimum absolute atomic E-state index is 0.477. The number of anilines is 1. The molecule has 1 aromatic carbocycles. The van der Waals surface area contributed by atoms with E-state index in [1.54, 1.807) is 12.1 Å². The van der Waals surface area contributed by atoms with Gasteiger partial charge in [-0.1, -0.05) is 26.8 Å². The summed E-state index contributed by atoms with van der Waals surface area (Å²) in [7, 11) is 0. The van der Waals surface area contributed by atoms with Crippen LogP contribution in [0.5, 0.6) is 0 Å². The molecule has 0 aliphatic rings. The van der Waals surface area contributed by atoms with Gasteiger partial charge in [-0.25, -0.2) is 0 Å². The van der Waals surface area contributed by atoms with Gasteiger partial charge in [-0.2, -0.15) is 8.78 Å². The summed E-state index contributed by atoms with van der Waals surface area (Å²) in [5.74, 6) is 0. The highest BCUT2D eigenvalue weighted by Crippen LogP contribution is 2.16. The number of halogens is 2. The molecule has 0 fully saturated rings. The Morgan fingerprint density at radius 2 is 1.87 bits per heavy atom. The second kappa shape index (κ2) is 7.21. The SMILES string of the molecule is CC.CCc1ccc(NC(F)F)cc1C. The molecule has 0 bridgehead atoms. The highest BCUT2D eigenvalue weighted by atomic mass is 19.3. The van der Waals surface area contributed by atoms with Crippen molar-refractivity contribution < 1.29 is 8.78 Å². The molecule has 0 radical (unpaired) electrons. The van der Waals surface area contributed by atoms with Crippen LogP contribution in [0.3, 0.4) is 0 Å². The molecule has 0 amide bonds. The quantitative estimate of drug-likeness (QED) is 0.744. The molecule has 0 spiro atoms. The molecule has 1 aromatic rings. The highest BCUT2D eigenvalue weighted by molar-refractivity contribution is 5.48. The van der Waals surface area contributed by atoms with Crippen LogP contribution in [0.25, 0.3) is 0 Å². The lowest BCUT2D eigenvalue weighted by atomic mass is 10.1. The molecule has 0 aliphatic heterocycles. The van der Waals surface area contributed by atoms with Crippen molar-refractivity contribution in [3.8, 4) is 0 Å². The van der Waals surface area contributed by atoms with Gasteiger partial charge in [0.15, 0.2) is 0 Å². The van der Waals surface area contributed by atoms with Crippen molar-refractivity contribution in [2.24, 2.45) is 0 Å². The van der Waals surface area contributed by atoms with E-state index < -0.39 is 6.55 Å². The Bertz CT molecular complexity index is 285. The second-order valence-electron chi connectivity index (χ2n) is 2.94. The van der Waals surface area contributed by atoms with E-state index >= 15 is 0 Å². The molecule has 0 aliphatic carbocycles. The van der Waals surface area contributed by atoms with E-state index in [0.717, 1.165) is 12.0 Å². The Morgan fingerprint density at radius 1 is 1.27 bits per heavy atom. The largest absolute Gasteiger partial charge is 0.330 e. The summed E-state index contributed by atoms with van der Waals surface area (Å²) >= 11 is 0. The zero-order valence-electron chi connectivity index (χ0n) is 9.77. The molecular formula is C12H19F2N. The third-order valence-electron chi connectivity index (χ3n) is 2.00. The number of hydrogen-bond donors (Lipinski definition) is 1. The summed E-state index contributed by atoms with van der Waals surface area (Å²) in [5.41, 5.74) is 2.72. The summed E-state index contributed by atoms with van der Waals surface area (Å²) in [6, 6.07) is 5.29. The minimum atomic E-state index is -2.49. The fraction of sp³-hybridized carbons (Fsp3) is 0.500. The van der Waals surface area contributed by atoms with Gasteiger partial charge in [0.2, 0.25) is 0 Å².